The van der Waals surface area contributed by atoms with Crippen molar-refractivity contribution >= 4 is 11.7 Å². The third kappa shape index (κ3) is 3.26. The maximum atomic E-state index is 7.46. The Bertz CT molecular complexity index is 595. The van der Waals surface area contributed by atoms with Crippen LogP contribution in [0, 0.1) is 5.41 Å². The van der Waals surface area contributed by atoms with E-state index in [1.807, 2.05) is 42.3 Å². The van der Waals surface area contributed by atoms with E-state index in [-0.39, 0.29) is 5.84 Å². The van der Waals surface area contributed by atoms with Crippen molar-refractivity contribution < 1.29 is 4.74 Å². The van der Waals surface area contributed by atoms with Crippen molar-refractivity contribution in [1.29, 1.82) is 5.41 Å². The Morgan fingerprint density at radius 3 is 2.60 bits per heavy atom. The zero-order valence-corrected chi connectivity index (χ0v) is 11.6. The minimum atomic E-state index is 0.0477. The average Bonchev–Trinajstić information content (AvgIpc) is 2.48. The molecule has 1 aromatic carbocycles. The van der Waals surface area contributed by atoms with Crippen LogP contribution in [0.5, 0.6) is 5.75 Å². The van der Waals surface area contributed by atoms with Crippen molar-refractivity contribution in [1.82, 2.24) is 4.98 Å². The number of anilines is 1. The Kier molecular flexibility index (Phi) is 4.20. The van der Waals surface area contributed by atoms with Gasteiger partial charge in [-0.1, -0.05) is 12.1 Å². The van der Waals surface area contributed by atoms with E-state index in [1.54, 1.807) is 19.4 Å². The maximum Gasteiger partial charge on any atom is 0.129 e. The first-order valence-corrected chi connectivity index (χ1v) is 6.24. The van der Waals surface area contributed by atoms with Crippen LogP contribution in [-0.4, -0.2) is 25.0 Å². The number of nitrogens with zero attached hydrogens (tertiary/aromatic N) is 2. The first-order valence-electron chi connectivity index (χ1n) is 6.24. The van der Waals surface area contributed by atoms with Crippen LogP contribution < -0.4 is 15.4 Å². The van der Waals surface area contributed by atoms with Crippen molar-refractivity contribution in [3.8, 4) is 5.75 Å². The quantitative estimate of drug-likeness (QED) is 0.643. The first kappa shape index (κ1) is 13.9. The molecule has 0 amide bonds. The molecule has 0 saturated heterocycles. The van der Waals surface area contributed by atoms with Gasteiger partial charge in [-0.25, -0.2) is 4.98 Å². The summed E-state index contributed by atoms with van der Waals surface area (Å²) in [7, 11) is 3.61. The molecule has 0 unspecified atom stereocenters. The van der Waals surface area contributed by atoms with E-state index in [9.17, 15) is 0 Å². The van der Waals surface area contributed by atoms with Crippen molar-refractivity contribution in [3.63, 3.8) is 0 Å². The van der Waals surface area contributed by atoms with Crippen molar-refractivity contribution in [2.24, 2.45) is 5.73 Å². The fourth-order valence-corrected chi connectivity index (χ4v) is 1.88. The molecular formula is C15H18N4O. The molecule has 2 aromatic rings. The summed E-state index contributed by atoms with van der Waals surface area (Å²) in [6.45, 7) is 0.721. The summed E-state index contributed by atoms with van der Waals surface area (Å²) in [4.78, 5) is 6.31. The average molecular weight is 270 g/mol. The largest absolute Gasteiger partial charge is 0.497 e. The second kappa shape index (κ2) is 6.06. The summed E-state index contributed by atoms with van der Waals surface area (Å²) in [6, 6.07) is 11.4. The van der Waals surface area contributed by atoms with Crippen molar-refractivity contribution in [2.75, 3.05) is 19.1 Å². The minimum absolute atomic E-state index is 0.0477. The number of methoxy groups -OCH3 is 1. The van der Waals surface area contributed by atoms with Gasteiger partial charge in [0, 0.05) is 25.4 Å². The van der Waals surface area contributed by atoms with Crippen LogP contribution in [0.3, 0.4) is 0 Å². The van der Waals surface area contributed by atoms with E-state index in [0.29, 0.717) is 5.56 Å². The van der Waals surface area contributed by atoms with E-state index in [2.05, 4.69) is 4.98 Å². The van der Waals surface area contributed by atoms with Crippen LogP contribution >= 0.6 is 0 Å². The lowest BCUT2D eigenvalue weighted by atomic mass is 10.2. The highest BCUT2D eigenvalue weighted by Gasteiger charge is 2.06. The molecule has 0 saturated carbocycles. The molecule has 0 spiro atoms. The van der Waals surface area contributed by atoms with E-state index in [0.717, 1.165) is 23.7 Å². The van der Waals surface area contributed by atoms with E-state index in [1.165, 1.54) is 0 Å². The number of amidine groups is 1. The Hall–Kier alpha value is -2.56. The Morgan fingerprint density at radius 2 is 2.00 bits per heavy atom. The van der Waals surface area contributed by atoms with Crippen LogP contribution in [0.2, 0.25) is 0 Å². The van der Waals surface area contributed by atoms with Gasteiger partial charge in [-0.2, -0.15) is 0 Å². The first-order chi connectivity index (χ1) is 9.60. The highest BCUT2D eigenvalue weighted by Crippen LogP contribution is 2.16. The molecule has 1 aromatic heterocycles. The van der Waals surface area contributed by atoms with Gasteiger partial charge in [0.2, 0.25) is 0 Å². The number of ether oxygens (including phenoxy) is 1. The smallest absolute Gasteiger partial charge is 0.129 e. The van der Waals surface area contributed by atoms with Gasteiger partial charge in [0.1, 0.15) is 17.4 Å². The Labute approximate surface area is 118 Å². The van der Waals surface area contributed by atoms with E-state index >= 15 is 0 Å². The number of rotatable bonds is 5. The molecule has 0 bridgehead atoms. The number of hydrogen-bond donors (Lipinski definition) is 2. The fraction of sp³-hybridized carbons (Fsp3) is 0.200. The summed E-state index contributed by atoms with van der Waals surface area (Å²) in [5, 5.41) is 7.46. The van der Waals surface area contributed by atoms with E-state index in [4.69, 9.17) is 15.9 Å². The number of nitrogens with one attached hydrogen (secondary N) is 1. The Morgan fingerprint density at radius 1 is 1.30 bits per heavy atom. The van der Waals surface area contributed by atoms with Gasteiger partial charge < -0.3 is 15.4 Å². The lowest BCUT2D eigenvalue weighted by Gasteiger charge is -2.19. The van der Waals surface area contributed by atoms with Gasteiger partial charge in [0.15, 0.2) is 0 Å². The third-order valence-electron chi connectivity index (χ3n) is 3.03. The van der Waals surface area contributed by atoms with Crippen molar-refractivity contribution in [2.45, 2.75) is 6.54 Å². The van der Waals surface area contributed by atoms with Crippen LogP contribution in [0.25, 0.3) is 0 Å². The van der Waals surface area contributed by atoms with Crippen molar-refractivity contribution in [3.05, 3.63) is 53.7 Å². The molecule has 3 N–H and O–H groups in total. The SMILES string of the molecule is COc1ccc(CN(C)c2cc(C(=N)N)ccn2)cc1. The fourth-order valence-electron chi connectivity index (χ4n) is 1.88. The van der Waals surface area contributed by atoms with Gasteiger partial charge in [-0.3, -0.25) is 5.41 Å². The molecule has 5 heteroatoms. The predicted octanol–water partition coefficient (Wildman–Crippen LogP) is 2.01. The normalized spacial score (nSPS) is 10.1. The zero-order chi connectivity index (χ0) is 14.5. The number of hydrogen-bond acceptors (Lipinski definition) is 4. The number of aromatic nitrogens is 1. The summed E-state index contributed by atoms with van der Waals surface area (Å²) < 4.78 is 5.14. The van der Waals surface area contributed by atoms with E-state index < -0.39 is 0 Å². The minimum Gasteiger partial charge on any atom is -0.497 e. The monoisotopic (exact) mass is 270 g/mol. The second-order valence-electron chi connectivity index (χ2n) is 4.52. The van der Waals surface area contributed by atoms with Crippen LogP contribution in [0.4, 0.5) is 5.82 Å². The topological polar surface area (TPSA) is 75.2 Å². The molecule has 5 nitrogen and oxygen atoms in total. The van der Waals surface area contributed by atoms with Gasteiger partial charge in [-0.15, -0.1) is 0 Å². The highest BCUT2D eigenvalue weighted by molar-refractivity contribution is 5.95. The molecule has 2 rings (SSSR count). The molecule has 0 atom stereocenters. The molecule has 0 aliphatic rings. The van der Waals surface area contributed by atoms with Crippen LogP contribution in [0.15, 0.2) is 42.6 Å². The molecule has 104 valence electrons. The summed E-state index contributed by atoms with van der Waals surface area (Å²) in [5.74, 6) is 1.67. The number of nitrogens with two attached hydrogens (primary N) is 1. The van der Waals surface area contributed by atoms with Crippen LogP contribution in [0.1, 0.15) is 11.1 Å². The molecule has 1 heterocycles. The van der Waals surface area contributed by atoms with Gasteiger partial charge in [-0.05, 0) is 29.8 Å². The molecule has 20 heavy (non-hydrogen) atoms. The van der Waals surface area contributed by atoms with Gasteiger partial charge in [0.25, 0.3) is 0 Å². The summed E-state index contributed by atoms with van der Waals surface area (Å²) in [6.07, 6.45) is 1.66. The third-order valence-corrected chi connectivity index (χ3v) is 3.03. The highest BCUT2D eigenvalue weighted by atomic mass is 16.5. The standard InChI is InChI=1S/C15H18N4O/c1-19(10-11-3-5-13(20-2)6-4-11)14-9-12(15(16)17)7-8-18-14/h3-9H,10H2,1-2H3,(H3,16,17). The molecular weight excluding hydrogens is 252 g/mol. The molecule has 0 aliphatic heterocycles. The van der Waals surface area contributed by atoms with Crippen LogP contribution in [-0.2, 0) is 6.54 Å². The molecule has 0 radical (unpaired) electrons. The number of benzene rings is 1. The maximum absolute atomic E-state index is 7.46. The molecule has 0 aliphatic carbocycles. The number of pyridine rings is 1. The summed E-state index contributed by atoms with van der Waals surface area (Å²) in [5.41, 5.74) is 7.32. The second-order valence-corrected chi connectivity index (χ2v) is 4.52. The van der Waals surface area contributed by atoms with Gasteiger partial charge >= 0.3 is 0 Å². The number of nitrogen functional groups attached to an aromatic ring is 1. The molecule has 0 fully saturated rings. The van der Waals surface area contributed by atoms with Gasteiger partial charge in [0.05, 0.1) is 7.11 Å². The lowest BCUT2D eigenvalue weighted by Crippen LogP contribution is -2.19. The summed E-state index contributed by atoms with van der Waals surface area (Å²) >= 11 is 0. The predicted molar refractivity (Wildman–Crippen MR) is 80.4 cm³/mol. The lowest BCUT2D eigenvalue weighted by molar-refractivity contribution is 0.414. The Balaban J connectivity index is 2.12. The zero-order valence-electron chi connectivity index (χ0n) is 11.6.